The zero-order valence-corrected chi connectivity index (χ0v) is 13.6. The number of benzene rings is 1. The van der Waals surface area contributed by atoms with Crippen molar-refractivity contribution >= 4 is 16.6 Å². The van der Waals surface area contributed by atoms with Crippen molar-refractivity contribution in [3.63, 3.8) is 0 Å². The van der Waals surface area contributed by atoms with E-state index in [4.69, 9.17) is 0 Å². The molecule has 5 nitrogen and oxygen atoms in total. The monoisotopic (exact) mass is 348 g/mol. The third-order valence-corrected chi connectivity index (χ3v) is 3.73. The number of fused-ring (bicyclic) bond motifs is 1. The molecular formula is C17H15F3N4O. The first-order valence-corrected chi connectivity index (χ1v) is 7.46. The predicted molar refractivity (Wildman–Crippen MR) is 88.3 cm³/mol. The van der Waals surface area contributed by atoms with Gasteiger partial charge in [0.2, 0.25) is 0 Å². The quantitative estimate of drug-likeness (QED) is 0.789. The zero-order chi connectivity index (χ0) is 18.4. The first kappa shape index (κ1) is 16.9. The summed E-state index contributed by atoms with van der Waals surface area (Å²) in [7, 11) is 0. The van der Waals surface area contributed by atoms with Crippen LogP contribution in [0.4, 0.5) is 13.2 Å². The Kier molecular flexibility index (Phi) is 3.98. The highest BCUT2D eigenvalue weighted by molar-refractivity contribution is 5.91. The molecule has 0 saturated heterocycles. The number of hydrogen-bond acceptors (Lipinski definition) is 3. The molecular weight excluding hydrogens is 333 g/mol. The fourth-order valence-electron chi connectivity index (χ4n) is 2.58. The van der Waals surface area contributed by atoms with E-state index < -0.39 is 18.3 Å². The summed E-state index contributed by atoms with van der Waals surface area (Å²) in [5.74, 6) is 0.294. The van der Waals surface area contributed by atoms with E-state index in [2.05, 4.69) is 21.6 Å². The highest BCUT2D eigenvalue weighted by atomic mass is 19.4. The number of aromatic nitrogens is 4. The molecule has 0 bridgehead atoms. The summed E-state index contributed by atoms with van der Waals surface area (Å²) in [4.78, 5) is 18.8. The van der Waals surface area contributed by atoms with Gasteiger partial charge in [-0.15, -0.1) is 0 Å². The molecule has 0 saturated carbocycles. The predicted octanol–water partition coefficient (Wildman–Crippen LogP) is 3.36. The van der Waals surface area contributed by atoms with Gasteiger partial charge in [-0.2, -0.15) is 18.3 Å². The van der Waals surface area contributed by atoms with Gasteiger partial charge in [-0.1, -0.05) is 36.4 Å². The lowest BCUT2D eigenvalue weighted by Gasteiger charge is -2.06. The molecule has 0 aliphatic heterocycles. The van der Waals surface area contributed by atoms with E-state index in [1.807, 2.05) is 19.1 Å². The number of aryl methyl sites for hydroxylation is 2. The van der Waals surface area contributed by atoms with Crippen molar-refractivity contribution < 1.29 is 13.2 Å². The van der Waals surface area contributed by atoms with Crippen molar-refractivity contribution in [1.29, 1.82) is 0 Å². The maximum atomic E-state index is 12.8. The second-order valence-electron chi connectivity index (χ2n) is 5.81. The lowest BCUT2D eigenvalue weighted by atomic mass is 10.0. The van der Waals surface area contributed by atoms with Crippen molar-refractivity contribution in [2.75, 3.05) is 0 Å². The molecule has 130 valence electrons. The van der Waals surface area contributed by atoms with E-state index in [1.54, 1.807) is 19.1 Å². The van der Waals surface area contributed by atoms with Crippen molar-refractivity contribution in [3.8, 4) is 0 Å². The topological polar surface area (TPSA) is 63.6 Å². The average molecular weight is 348 g/mol. The normalized spacial score (nSPS) is 11.9. The molecule has 0 aliphatic rings. The summed E-state index contributed by atoms with van der Waals surface area (Å²) in [5.41, 5.74) is 1.53. The minimum absolute atomic E-state index is 0.107. The van der Waals surface area contributed by atoms with Crippen molar-refractivity contribution in [2.45, 2.75) is 26.6 Å². The highest BCUT2D eigenvalue weighted by Gasteiger charge is 2.31. The number of halogens is 3. The van der Waals surface area contributed by atoms with Gasteiger partial charge in [0.15, 0.2) is 5.52 Å². The van der Waals surface area contributed by atoms with Gasteiger partial charge in [-0.25, -0.2) is 9.67 Å². The van der Waals surface area contributed by atoms with E-state index in [0.29, 0.717) is 21.6 Å². The molecule has 0 fully saturated rings. The first-order valence-electron chi connectivity index (χ1n) is 7.46. The standard InChI is InChI=1S/C17H15F3N4O/c1-9-4-6-12(7-5-9)10(2)13-14-15(16(25)22-11(3)21-14)24(23-13)8-17(18,19)20/h4-7H,2,8H2,1,3H3,(H,21,22,25). The summed E-state index contributed by atoms with van der Waals surface area (Å²) in [6, 6.07) is 7.32. The van der Waals surface area contributed by atoms with Crippen LogP contribution in [0.15, 0.2) is 35.6 Å². The SMILES string of the molecule is C=C(c1ccc(C)cc1)c1nn(CC(F)(F)F)c2c(=O)[nH]c(C)nc12. The molecule has 0 amide bonds. The Morgan fingerprint density at radius 1 is 1.24 bits per heavy atom. The van der Waals surface area contributed by atoms with Crippen molar-refractivity contribution in [2.24, 2.45) is 0 Å². The molecule has 0 radical (unpaired) electrons. The molecule has 2 aromatic heterocycles. The smallest absolute Gasteiger partial charge is 0.309 e. The molecule has 0 aliphatic carbocycles. The zero-order valence-electron chi connectivity index (χ0n) is 13.6. The van der Waals surface area contributed by atoms with Crippen LogP contribution in [0.1, 0.15) is 22.6 Å². The van der Waals surface area contributed by atoms with Crippen LogP contribution in [0.3, 0.4) is 0 Å². The Labute approximate surface area is 140 Å². The molecule has 1 N–H and O–H groups in total. The third-order valence-electron chi connectivity index (χ3n) is 3.73. The number of H-pyrrole nitrogens is 1. The second-order valence-corrected chi connectivity index (χ2v) is 5.81. The maximum Gasteiger partial charge on any atom is 0.408 e. The van der Waals surface area contributed by atoms with Gasteiger partial charge < -0.3 is 4.98 Å². The van der Waals surface area contributed by atoms with Crippen LogP contribution >= 0.6 is 0 Å². The molecule has 3 aromatic rings. The van der Waals surface area contributed by atoms with Crippen molar-refractivity contribution in [3.05, 3.63) is 63.8 Å². The molecule has 0 spiro atoms. The first-order chi connectivity index (χ1) is 11.7. The lowest BCUT2D eigenvalue weighted by molar-refractivity contribution is -0.141. The molecule has 0 unspecified atom stereocenters. The number of aromatic amines is 1. The summed E-state index contributed by atoms with van der Waals surface area (Å²) in [5, 5.41) is 3.99. The van der Waals surface area contributed by atoms with Gasteiger partial charge in [0.25, 0.3) is 5.56 Å². The molecule has 8 heteroatoms. The number of nitrogens with zero attached hydrogens (tertiary/aromatic N) is 3. The van der Waals surface area contributed by atoms with Gasteiger partial charge >= 0.3 is 6.18 Å². The minimum atomic E-state index is -4.52. The highest BCUT2D eigenvalue weighted by Crippen LogP contribution is 2.27. The Balaban J connectivity index is 2.22. The van der Waals surface area contributed by atoms with E-state index in [9.17, 15) is 18.0 Å². The fraction of sp³-hybridized carbons (Fsp3) is 0.235. The molecule has 2 heterocycles. The lowest BCUT2D eigenvalue weighted by Crippen LogP contribution is -2.22. The van der Waals surface area contributed by atoms with E-state index in [0.717, 1.165) is 5.56 Å². The Hall–Kier alpha value is -2.90. The molecule has 3 rings (SSSR count). The van der Waals surface area contributed by atoms with Gasteiger partial charge in [0.05, 0.1) is 0 Å². The maximum absolute atomic E-state index is 12.8. The van der Waals surface area contributed by atoms with Gasteiger partial charge in [-0.05, 0) is 19.4 Å². The minimum Gasteiger partial charge on any atom is -0.309 e. The number of alkyl halides is 3. The van der Waals surface area contributed by atoms with Crippen LogP contribution in [0, 0.1) is 13.8 Å². The van der Waals surface area contributed by atoms with Gasteiger partial charge in [0.1, 0.15) is 23.6 Å². The molecule has 1 aromatic carbocycles. The Morgan fingerprint density at radius 2 is 1.88 bits per heavy atom. The number of rotatable bonds is 3. The van der Waals surface area contributed by atoms with Crippen molar-refractivity contribution in [1.82, 2.24) is 19.7 Å². The Bertz CT molecular complexity index is 1010. The van der Waals surface area contributed by atoms with Gasteiger partial charge in [-0.3, -0.25) is 4.79 Å². The summed E-state index contributed by atoms with van der Waals surface area (Å²) < 4.78 is 39.2. The van der Waals surface area contributed by atoms with Crippen LogP contribution < -0.4 is 5.56 Å². The molecule has 25 heavy (non-hydrogen) atoms. The van der Waals surface area contributed by atoms with E-state index in [1.165, 1.54) is 0 Å². The Morgan fingerprint density at radius 3 is 2.48 bits per heavy atom. The largest absolute Gasteiger partial charge is 0.408 e. The van der Waals surface area contributed by atoms with E-state index in [-0.39, 0.29) is 16.7 Å². The van der Waals surface area contributed by atoms with E-state index >= 15 is 0 Å². The average Bonchev–Trinajstić information content (AvgIpc) is 2.83. The number of nitrogens with one attached hydrogen (secondary N) is 1. The summed E-state index contributed by atoms with van der Waals surface area (Å²) >= 11 is 0. The number of hydrogen-bond donors (Lipinski definition) is 1. The van der Waals surface area contributed by atoms with Gasteiger partial charge in [0, 0.05) is 5.57 Å². The van der Waals surface area contributed by atoms with Crippen LogP contribution in [-0.2, 0) is 6.54 Å². The van der Waals surface area contributed by atoms with Crippen LogP contribution in [-0.4, -0.2) is 25.9 Å². The third kappa shape index (κ3) is 3.33. The van der Waals surface area contributed by atoms with Crippen LogP contribution in [0.5, 0.6) is 0 Å². The van der Waals surface area contributed by atoms with Crippen LogP contribution in [0.2, 0.25) is 0 Å². The van der Waals surface area contributed by atoms with Crippen LogP contribution in [0.25, 0.3) is 16.6 Å². The summed E-state index contributed by atoms with van der Waals surface area (Å²) in [6.07, 6.45) is -4.52. The molecule has 0 atom stereocenters. The fourth-order valence-corrected chi connectivity index (χ4v) is 2.58. The second kappa shape index (κ2) is 5.87. The summed E-state index contributed by atoms with van der Waals surface area (Å²) in [6.45, 7) is 6.04.